The number of hydrogen-bond acceptors (Lipinski definition) is 4. The SMILES string of the molecule is CN(C[C@@H]1CCN(Cc2ccccc2)C1)C(=O)c1ncncc1Cl. The van der Waals surface area contributed by atoms with Crippen LogP contribution in [-0.2, 0) is 6.54 Å². The summed E-state index contributed by atoms with van der Waals surface area (Å²) < 4.78 is 0. The molecule has 1 aromatic carbocycles. The molecule has 1 aliphatic rings. The minimum absolute atomic E-state index is 0.149. The Bertz CT molecular complexity index is 694. The van der Waals surface area contributed by atoms with Crippen LogP contribution in [0.3, 0.4) is 0 Å². The monoisotopic (exact) mass is 344 g/mol. The van der Waals surface area contributed by atoms with Gasteiger partial charge in [-0.25, -0.2) is 9.97 Å². The lowest BCUT2D eigenvalue weighted by Gasteiger charge is -2.22. The van der Waals surface area contributed by atoms with Gasteiger partial charge < -0.3 is 4.90 Å². The third-order valence-electron chi connectivity index (χ3n) is 4.37. The minimum atomic E-state index is -0.149. The van der Waals surface area contributed by atoms with Crippen molar-refractivity contribution in [1.29, 1.82) is 0 Å². The van der Waals surface area contributed by atoms with Gasteiger partial charge in [-0.05, 0) is 24.4 Å². The van der Waals surface area contributed by atoms with Crippen molar-refractivity contribution in [2.24, 2.45) is 5.92 Å². The van der Waals surface area contributed by atoms with E-state index in [2.05, 4.69) is 39.1 Å². The Balaban J connectivity index is 1.53. The van der Waals surface area contributed by atoms with Gasteiger partial charge in [-0.15, -0.1) is 0 Å². The van der Waals surface area contributed by atoms with Crippen LogP contribution in [0.1, 0.15) is 22.5 Å². The first kappa shape index (κ1) is 16.9. The van der Waals surface area contributed by atoms with Crippen LogP contribution in [0, 0.1) is 5.92 Å². The molecule has 1 aliphatic heterocycles. The highest BCUT2D eigenvalue weighted by molar-refractivity contribution is 6.33. The van der Waals surface area contributed by atoms with E-state index < -0.39 is 0 Å². The van der Waals surface area contributed by atoms with E-state index in [0.717, 1.165) is 26.1 Å². The second-order valence-corrected chi connectivity index (χ2v) is 6.69. The van der Waals surface area contributed by atoms with Gasteiger partial charge in [0.15, 0.2) is 0 Å². The Labute approximate surface area is 147 Å². The molecule has 2 heterocycles. The fraction of sp³-hybridized carbons (Fsp3) is 0.389. The molecule has 0 aliphatic carbocycles. The van der Waals surface area contributed by atoms with Crippen LogP contribution < -0.4 is 0 Å². The van der Waals surface area contributed by atoms with Crippen LogP contribution in [0.25, 0.3) is 0 Å². The fourth-order valence-corrected chi connectivity index (χ4v) is 3.35. The summed E-state index contributed by atoms with van der Waals surface area (Å²) in [6.45, 7) is 3.75. The zero-order valence-electron chi connectivity index (χ0n) is 13.7. The van der Waals surface area contributed by atoms with Crippen LogP contribution in [0.15, 0.2) is 42.9 Å². The van der Waals surface area contributed by atoms with E-state index in [1.54, 1.807) is 11.9 Å². The van der Waals surface area contributed by atoms with Gasteiger partial charge in [0, 0.05) is 32.9 Å². The Hall–Kier alpha value is -1.98. The number of halogens is 1. The first-order valence-electron chi connectivity index (χ1n) is 8.10. The number of likely N-dealkylation sites (tertiary alicyclic amines) is 1. The van der Waals surface area contributed by atoms with Crippen LogP contribution in [0.5, 0.6) is 0 Å². The molecule has 1 atom stereocenters. The van der Waals surface area contributed by atoms with E-state index in [4.69, 9.17) is 11.6 Å². The van der Waals surface area contributed by atoms with E-state index in [1.165, 1.54) is 18.1 Å². The third-order valence-corrected chi connectivity index (χ3v) is 4.64. The summed E-state index contributed by atoms with van der Waals surface area (Å²) in [6.07, 6.45) is 3.90. The molecule has 3 rings (SSSR count). The maximum Gasteiger partial charge on any atom is 0.273 e. The third kappa shape index (κ3) is 4.10. The van der Waals surface area contributed by atoms with Crippen LogP contribution >= 0.6 is 11.6 Å². The smallest absolute Gasteiger partial charge is 0.273 e. The molecule has 1 aromatic heterocycles. The average molecular weight is 345 g/mol. The molecule has 24 heavy (non-hydrogen) atoms. The number of benzene rings is 1. The van der Waals surface area contributed by atoms with E-state index in [1.807, 2.05) is 6.07 Å². The largest absolute Gasteiger partial charge is 0.340 e. The summed E-state index contributed by atoms with van der Waals surface area (Å²) in [5.41, 5.74) is 1.60. The number of aromatic nitrogens is 2. The minimum Gasteiger partial charge on any atom is -0.340 e. The van der Waals surface area contributed by atoms with Crippen molar-refractivity contribution in [1.82, 2.24) is 19.8 Å². The Morgan fingerprint density at radius 2 is 2.17 bits per heavy atom. The van der Waals surface area contributed by atoms with Gasteiger partial charge in [-0.2, -0.15) is 0 Å². The van der Waals surface area contributed by atoms with Gasteiger partial charge in [-0.3, -0.25) is 9.69 Å². The van der Waals surface area contributed by atoms with Gasteiger partial charge in [0.05, 0.1) is 5.02 Å². The number of carbonyl (C=O) groups excluding carboxylic acids is 1. The van der Waals surface area contributed by atoms with Gasteiger partial charge >= 0.3 is 0 Å². The Kier molecular flexibility index (Phi) is 5.43. The molecule has 126 valence electrons. The molecular formula is C18H21ClN4O. The van der Waals surface area contributed by atoms with Crippen molar-refractivity contribution in [3.05, 3.63) is 59.1 Å². The molecule has 1 saturated heterocycles. The zero-order valence-corrected chi connectivity index (χ0v) is 14.5. The van der Waals surface area contributed by atoms with Crippen molar-refractivity contribution < 1.29 is 4.79 Å². The molecule has 1 amide bonds. The summed E-state index contributed by atoms with van der Waals surface area (Å²) >= 11 is 6.01. The van der Waals surface area contributed by atoms with Crippen LogP contribution in [-0.4, -0.2) is 52.4 Å². The summed E-state index contributed by atoms with van der Waals surface area (Å²) in [4.78, 5) is 24.4. The Morgan fingerprint density at radius 3 is 2.92 bits per heavy atom. The second-order valence-electron chi connectivity index (χ2n) is 6.28. The van der Waals surface area contributed by atoms with Crippen molar-refractivity contribution in [2.75, 3.05) is 26.7 Å². The van der Waals surface area contributed by atoms with Gasteiger partial charge in [-0.1, -0.05) is 41.9 Å². The average Bonchev–Trinajstić information content (AvgIpc) is 3.02. The molecule has 0 saturated carbocycles. The van der Waals surface area contributed by atoms with Crippen LogP contribution in [0.4, 0.5) is 0 Å². The number of hydrogen-bond donors (Lipinski definition) is 0. The molecular weight excluding hydrogens is 324 g/mol. The maximum absolute atomic E-state index is 12.5. The lowest BCUT2D eigenvalue weighted by Crippen LogP contribution is -2.33. The van der Waals surface area contributed by atoms with E-state index in [0.29, 0.717) is 17.5 Å². The molecule has 1 fully saturated rings. The lowest BCUT2D eigenvalue weighted by atomic mass is 10.1. The number of amides is 1. The zero-order chi connectivity index (χ0) is 16.9. The van der Waals surface area contributed by atoms with Crippen molar-refractivity contribution in [2.45, 2.75) is 13.0 Å². The molecule has 6 heteroatoms. The predicted octanol–water partition coefficient (Wildman–Crippen LogP) is 2.72. The molecule has 5 nitrogen and oxygen atoms in total. The van der Waals surface area contributed by atoms with E-state index in [9.17, 15) is 4.79 Å². The van der Waals surface area contributed by atoms with Crippen LogP contribution in [0.2, 0.25) is 5.02 Å². The predicted molar refractivity (Wildman–Crippen MR) is 93.8 cm³/mol. The van der Waals surface area contributed by atoms with Gasteiger partial charge in [0.1, 0.15) is 12.0 Å². The molecule has 0 N–H and O–H groups in total. The number of nitrogens with zero attached hydrogens (tertiary/aromatic N) is 4. The van der Waals surface area contributed by atoms with Gasteiger partial charge in [0.25, 0.3) is 5.91 Å². The fourth-order valence-electron chi connectivity index (χ4n) is 3.17. The highest BCUT2D eigenvalue weighted by atomic mass is 35.5. The summed E-state index contributed by atoms with van der Waals surface area (Å²) in [5.74, 6) is 0.326. The maximum atomic E-state index is 12.5. The standard InChI is InChI=1S/C18H21ClN4O/c1-22(18(24)17-16(19)9-20-13-21-17)10-15-7-8-23(12-15)11-14-5-3-2-4-6-14/h2-6,9,13,15H,7-8,10-12H2,1H3/t15-/m0/s1. The highest BCUT2D eigenvalue weighted by Crippen LogP contribution is 2.21. The molecule has 2 aromatic rings. The highest BCUT2D eigenvalue weighted by Gasteiger charge is 2.26. The first-order chi connectivity index (χ1) is 11.6. The van der Waals surface area contributed by atoms with Gasteiger partial charge in [0.2, 0.25) is 0 Å². The molecule has 0 radical (unpaired) electrons. The molecule has 0 spiro atoms. The lowest BCUT2D eigenvalue weighted by molar-refractivity contribution is 0.0767. The second kappa shape index (κ2) is 7.73. The number of rotatable bonds is 5. The van der Waals surface area contributed by atoms with Crippen molar-refractivity contribution in [3.63, 3.8) is 0 Å². The Morgan fingerprint density at radius 1 is 1.38 bits per heavy atom. The topological polar surface area (TPSA) is 49.3 Å². The van der Waals surface area contributed by atoms with E-state index in [-0.39, 0.29) is 11.6 Å². The summed E-state index contributed by atoms with van der Waals surface area (Å²) in [6, 6.07) is 10.5. The summed E-state index contributed by atoms with van der Waals surface area (Å²) in [7, 11) is 1.81. The summed E-state index contributed by atoms with van der Waals surface area (Å²) in [5, 5.41) is 0.298. The molecule has 0 bridgehead atoms. The van der Waals surface area contributed by atoms with E-state index >= 15 is 0 Å². The first-order valence-corrected chi connectivity index (χ1v) is 8.48. The van der Waals surface area contributed by atoms with Crippen molar-refractivity contribution in [3.8, 4) is 0 Å². The normalized spacial score (nSPS) is 17.8. The quantitative estimate of drug-likeness (QED) is 0.836. The number of carbonyl (C=O) groups is 1. The molecule has 0 unspecified atom stereocenters. The van der Waals surface area contributed by atoms with Crippen molar-refractivity contribution >= 4 is 17.5 Å².